The average molecular weight is 422 g/mol. The van der Waals surface area contributed by atoms with E-state index < -0.39 is 23.7 Å². The first kappa shape index (κ1) is 21.8. The van der Waals surface area contributed by atoms with E-state index in [0.29, 0.717) is 29.8 Å². The van der Waals surface area contributed by atoms with Crippen molar-refractivity contribution in [3.8, 4) is 0 Å². The molecule has 3 rings (SSSR count). The molecule has 30 heavy (non-hydrogen) atoms. The number of halogens is 4. The topological polar surface area (TPSA) is 42.4 Å². The molecule has 0 bridgehead atoms. The minimum atomic E-state index is -4.59. The molecule has 0 N–H and O–H groups in total. The van der Waals surface area contributed by atoms with Gasteiger partial charge in [0.15, 0.2) is 0 Å². The van der Waals surface area contributed by atoms with Crippen LogP contribution in [0.1, 0.15) is 43.0 Å². The standard InChI is InChI=1S/C22H22F4N2O2/c1-2-30-20(29)14-18(15-6-8-16(23)9-7-15)17-10-11-19(22(24,25)26)27-21(17)28-12-4-3-5-13-28/h6-11,14H,2-5,12-13H2,1H3/b18-14+. The van der Waals surface area contributed by atoms with Crippen molar-refractivity contribution in [3.05, 3.63) is 65.1 Å². The summed E-state index contributed by atoms with van der Waals surface area (Å²) in [7, 11) is 0. The van der Waals surface area contributed by atoms with E-state index in [1.807, 2.05) is 0 Å². The summed E-state index contributed by atoms with van der Waals surface area (Å²) in [5.74, 6) is -0.943. The summed E-state index contributed by atoms with van der Waals surface area (Å²) in [5.41, 5.74) is 0.172. The lowest BCUT2D eigenvalue weighted by Gasteiger charge is -2.30. The monoisotopic (exact) mass is 422 g/mol. The number of rotatable bonds is 5. The Bertz CT molecular complexity index is 918. The van der Waals surface area contributed by atoms with E-state index in [-0.39, 0.29) is 12.4 Å². The van der Waals surface area contributed by atoms with E-state index >= 15 is 0 Å². The number of carbonyl (C=O) groups is 1. The van der Waals surface area contributed by atoms with Crippen LogP contribution in [0.4, 0.5) is 23.4 Å². The summed E-state index contributed by atoms with van der Waals surface area (Å²) in [5, 5.41) is 0. The fourth-order valence-corrected chi connectivity index (χ4v) is 3.41. The number of anilines is 1. The van der Waals surface area contributed by atoms with Crippen molar-refractivity contribution in [1.82, 2.24) is 4.98 Å². The van der Waals surface area contributed by atoms with Gasteiger partial charge in [-0.15, -0.1) is 0 Å². The highest BCUT2D eigenvalue weighted by Gasteiger charge is 2.34. The molecule has 0 spiro atoms. The highest BCUT2D eigenvalue weighted by atomic mass is 19.4. The van der Waals surface area contributed by atoms with E-state index in [0.717, 1.165) is 25.3 Å². The highest BCUT2D eigenvalue weighted by Crippen LogP contribution is 2.36. The van der Waals surface area contributed by atoms with Gasteiger partial charge in [0.05, 0.1) is 6.61 Å². The number of piperidine rings is 1. The number of esters is 1. The molecule has 1 aliphatic rings. The highest BCUT2D eigenvalue weighted by molar-refractivity contribution is 5.98. The van der Waals surface area contributed by atoms with Gasteiger partial charge < -0.3 is 9.64 Å². The molecule has 1 saturated heterocycles. The Morgan fingerprint density at radius 1 is 1.10 bits per heavy atom. The molecule has 0 atom stereocenters. The first-order valence-corrected chi connectivity index (χ1v) is 9.77. The summed E-state index contributed by atoms with van der Waals surface area (Å²) < 4.78 is 58.4. The van der Waals surface area contributed by atoms with Crippen molar-refractivity contribution in [2.45, 2.75) is 32.4 Å². The van der Waals surface area contributed by atoms with E-state index in [1.165, 1.54) is 36.4 Å². The lowest BCUT2D eigenvalue weighted by atomic mass is 9.96. The van der Waals surface area contributed by atoms with Gasteiger partial charge in [0, 0.05) is 24.7 Å². The maximum atomic E-state index is 13.4. The van der Waals surface area contributed by atoms with Gasteiger partial charge in [0.1, 0.15) is 17.3 Å². The molecule has 1 fully saturated rings. The molecule has 0 aliphatic carbocycles. The molecular formula is C22H22F4N2O2. The third kappa shape index (κ3) is 5.17. The molecule has 1 aromatic carbocycles. The first-order chi connectivity index (χ1) is 14.3. The Kier molecular flexibility index (Phi) is 6.74. The number of nitrogens with zero attached hydrogens (tertiary/aromatic N) is 2. The number of hydrogen-bond donors (Lipinski definition) is 0. The maximum absolute atomic E-state index is 13.4. The zero-order valence-corrected chi connectivity index (χ0v) is 16.5. The molecular weight excluding hydrogens is 400 g/mol. The number of carbonyl (C=O) groups excluding carboxylic acids is 1. The van der Waals surface area contributed by atoms with E-state index in [4.69, 9.17) is 4.74 Å². The molecule has 2 aromatic rings. The lowest BCUT2D eigenvalue weighted by molar-refractivity contribution is -0.141. The SMILES string of the molecule is CCOC(=O)/C=C(\c1ccc(F)cc1)c1ccc(C(F)(F)F)nc1N1CCCCC1. The second-order valence-electron chi connectivity index (χ2n) is 6.93. The molecule has 1 aliphatic heterocycles. The quantitative estimate of drug-likeness (QED) is 0.376. The predicted octanol–water partition coefficient (Wildman–Crippen LogP) is 5.22. The van der Waals surface area contributed by atoms with Crippen molar-refractivity contribution in [2.75, 3.05) is 24.6 Å². The zero-order chi connectivity index (χ0) is 21.7. The molecule has 0 radical (unpaired) electrons. The van der Waals surface area contributed by atoms with E-state index in [2.05, 4.69) is 4.98 Å². The second-order valence-corrected chi connectivity index (χ2v) is 6.93. The van der Waals surface area contributed by atoms with Crippen LogP contribution in [-0.4, -0.2) is 30.6 Å². The van der Waals surface area contributed by atoms with Crippen molar-refractivity contribution >= 4 is 17.4 Å². The van der Waals surface area contributed by atoms with Gasteiger partial charge in [-0.05, 0) is 61.6 Å². The molecule has 0 unspecified atom stereocenters. The fraction of sp³-hybridized carbons (Fsp3) is 0.364. The van der Waals surface area contributed by atoms with Crippen LogP contribution in [0.2, 0.25) is 0 Å². The van der Waals surface area contributed by atoms with Crippen molar-refractivity contribution in [2.24, 2.45) is 0 Å². The summed E-state index contributed by atoms with van der Waals surface area (Å²) in [4.78, 5) is 17.9. The predicted molar refractivity (Wildman–Crippen MR) is 105 cm³/mol. The van der Waals surface area contributed by atoms with Crippen molar-refractivity contribution < 1.29 is 27.1 Å². The summed E-state index contributed by atoms with van der Waals surface area (Å²) >= 11 is 0. The van der Waals surface area contributed by atoms with Gasteiger partial charge in [0.2, 0.25) is 0 Å². The lowest BCUT2D eigenvalue weighted by Crippen LogP contribution is -2.31. The molecule has 8 heteroatoms. The third-order valence-electron chi connectivity index (χ3n) is 4.82. The number of ether oxygens (including phenoxy) is 1. The number of pyridine rings is 1. The largest absolute Gasteiger partial charge is 0.463 e. The molecule has 4 nitrogen and oxygen atoms in total. The third-order valence-corrected chi connectivity index (χ3v) is 4.82. The Morgan fingerprint density at radius 2 is 1.77 bits per heavy atom. The fourth-order valence-electron chi connectivity index (χ4n) is 3.41. The summed E-state index contributed by atoms with van der Waals surface area (Å²) in [6.07, 6.45) is -0.706. The minimum Gasteiger partial charge on any atom is -0.463 e. The van der Waals surface area contributed by atoms with E-state index in [1.54, 1.807) is 11.8 Å². The van der Waals surface area contributed by atoms with Gasteiger partial charge in [-0.3, -0.25) is 0 Å². The molecule has 160 valence electrons. The second kappa shape index (κ2) is 9.28. The molecule has 0 saturated carbocycles. The van der Waals surface area contributed by atoms with Gasteiger partial charge in [0.25, 0.3) is 0 Å². The molecule has 2 heterocycles. The van der Waals surface area contributed by atoms with Crippen LogP contribution in [0.3, 0.4) is 0 Å². The number of alkyl halides is 3. The number of hydrogen-bond acceptors (Lipinski definition) is 4. The number of aromatic nitrogens is 1. The van der Waals surface area contributed by atoms with Gasteiger partial charge in [-0.1, -0.05) is 12.1 Å². The Hall–Kier alpha value is -2.90. The normalized spacial score (nSPS) is 15.2. The van der Waals surface area contributed by atoms with Crippen molar-refractivity contribution in [3.63, 3.8) is 0 Å². The van der Waals surface area contributed by atoms with Crippen LogP contribution in [-0.2, 0) is 15.7 Å². The van der Waals surface area contributed by atoms with Gasteiger partial charge in [-0.25, -0.2) is 14.2 Å². The Balaban J connectivity index is 2.18. The van der Waals surface area contributed by atoms with Crippen LogP contribution >= 0.6 is 0 Å². The minimum absolute atomic E-state index is 0.149. The van der Waals surface area contributed by atoms with Crippen LogP contribution in [0.5, 0.6) is 0 Å². The Morgan fingerprint density at radius 3 is 2.37 bits per heavy atom. The summed E-state index contributed by atoms with van der Waals surface area (Å²) in [6.45, 7) is 2.94. The van der Waals surface area contributed by atoms with E-state index in [9.17, 15) is 22.4 Å². The average Bonchev–Trinajstić information content (AvgIpc) is 2.73. The summed E-state index contributed by atoms with van der Waals surface area (Å²) in [6, 6.07) is 7.61. The smallest absolute Gasteiger partial charge is 0.433 e. The maximum Gasteiger partial charge on any atom is 0.433 e. The van der Waals surface area contributed by atoms with Crippen molar-refractivity contribution in [1.29, 1.82) is 0 Å². The van der Waals surface area contributed by atoms with Gasteiger partial charge in [-0.2, -0.15) is 13.2 Å². The molecule has 1 aromatic heterocycles. The van der Waals surface area contributed by atoms with Crippen LogP contribution in [0.15, 0.2) is 42.5 Å². The molecule has 0 amide bonds. The van der Waals surface area contributed by atoms with Crippen LogP contribution < -0.4 is 4.90 Å². The van der Waals surface area contributed by atoms with Crippen LogP contribution in [0, 0.1) is 5.82 Å². The number of benzene rings is 1. The van der Waals surface area contributed by atoms with Crippen LogP contribution in [0.25, 0.3) is 5.57 Å². The van der Waals surface area contributed by atoms with Gasteiger partial charge >= 0.3 is 12.1 Å². The Labute approximate surface area is 172 Å². The first-order valence-electron chi connectivity index (χ1n) is 9.77. The zero-order valence-electron chi connectivity index (χ0n) is 16.5.